The van der Waals surface area contributed by atoms with Crippen LogP contribution >= 0.6 is 0 Å². The van der Waals surface area contributed by atoms with Crippen molar-refractivity contribution >= 4 is 22.8 Å². The minimum Gasteiger partial charge on any atom is -0.370 e. The highest BCUT2D eigenvalue weighted by molar-refractivity contribution is 6.05. The van der Waals surface area contributed by atoms with Gasteiger partial charge in [0.25, 0.3) is 5.91 Å². The average molecular weight is 315 g/mol. The molecule has 4 N–H and O–H groups in total. The maximum Gasteiger partial charge on any atom is 0.280 e. The molecule has 0 aliphatic carbocycles. The van der Waals surface area contributed by atoms with E-state index in [1.807, 2.05) is 18.2 Å². The molecule has 0 aliphatic rings. The van der Waals surface area contributed by atoms with Crippen molar-refractivity contribution in [2.45, 2.75) is 0 Å². The van der Waals surface area contributed by atoms with Crippen LogP contribution in [0, 0.1) is 11.3 Å². The molecule has 3 rings (SSSR count). The van der Waals surface area contributed by atoms with E-state index in [-0.39, 0.29) is 5.96 Å². The van der Waals surface area contributed by atoms with Crippen LogP contribution in [0.5, 0.6) is 0 Å². The second-order valence-corrected chi connectivity index (χ2v) is 5.12. The summed E-state index contributed by atoms with van der Waals surface area (Å²) in [7, 11) is 0. The molecule has 0 bridgehead atoms. The van der Waals surface area contributed by atoms with Crippen LogP contribution in [0.2, 0.25) is 0 Å². The van der Waals surface area contributed by atoms with Crippen LogP contribution < -0.4 is 11.5 Å². The SMILES string of the molecule is N#Cc1ccc(-c2ccnc3ccc(C(=O)N=C(N)N)cc23)cc1. The van der Waals surface area contributed by atoms with Crippen molar-refractivity contribution in [2.75, 3.05) is 0 Å². The second kappa shape index (κ2) is 6.18. The van der Waals surface area contributed by atoms with Gasteiger partial charge in [-0.3, -0.25) is 9.78 Å². The topological polar surface area (TPSA) is 118 Å². The van der Waals surface area contributed by atoms with Crippen LogP contribution in [0.3, 0.4) is 0 Å². The van der Waals surface area contributed by atoms with Crippen molar-refractivity contribution in [1.82, 2.24) is 4.98 Å². The van der Waals surface area contributed by atoms with Gasteiger partial charge < -0.3 is 11.5 Å². The predicted molar refractivity (Wildman–Crippen MR) is 92.0 cm³/mol. The molecule has 2 aromatic carbocycles. The second-order valence-electron chi connectivity index (χ2n) is 5.12. The summed E-state index contributed by atoms with van der Waals surface area (Å²) in [5.74, 6) is -0.787. The van der Waals surface area contributed by atoms with Crippen molar-refractivity contribution in [3.8, 4) is 17.2 Å². The van der Waals surface area contributed by atoms with Gasteiger partial charge in [0.1, 0.15) is 0 Å². The monoisotopic (exact) mass is 315 g/mol. The fraction of sp³-hybridized carbons (Fsp3) is 0. The molecule has 3 aromatic rings. The Kier molecular flexibility index (Phi) is 3.91. The van der Waals surface area contributed by atoms with E-state index < -0.39 is 5.91 Å². The maximum absolute atomic E-state index is 12.0. The molecule has 0 saturated carbocycles. The third-order valence-electron chi connectivity index (χ3n) is 3.54. The summed E-state index contributed by atoms with van der Waals surface area (Å²) in [6.45, 7) is 0. The quantitative estimate of drug-likeness (QED) is 0.555. The lowest BCUT2D eigenvalue weighted by molar-refractivity contribution is 0.100. The van der Waals surface area contributed by atoms with Gasteiger partial charge in [-0.25, -0.2) is 0 Å². The maximum atomic E-state index is 12.0. The van der Waals surface area contributed by atoms with Crippen LogP contribution in [0.15, 0.2) is 59.7 Å². The molecule has 116 valence electrons. The minimum absolute atomic E-state index is 0.279. The predicted octanol–water partition coefficient (Wildman–Crippen LogP) is 2.19. The molecular weight excluding hydrogens is 302 g/mol. The molecule has 0 atom stereocenters. The van der Waals surface area contributed by atoms with Gasteiger partial charge in [-0.15, -0.1) is 0 Å². The van der Waals surface area contributed by atoms with E-state index in [2.05, 4.69) is 16.0 Å². The summed E-state index contributed by atoms with van der Waals surface area (Å²) >= 11 is 0. The Hall–Kier alpha value is -3.72. The zero-order chi connectivity index (χ0) is 17.1. The molecule has 0 spiro atoms. The van der Waals surface area contributed by atoms with Gasteiger partial charge in [0.05, 0.1) is 17.1 Å². The number of nitrogens with two attached hydrogens (primary N) is 2. The van der Waals surface area contributed by atoms with Crippen molar-refractivity contribution in [3.05, 3.63) is 65.9 Å². The number of nitriles is 1. The standard InChI is InChI=1S/C18H13N5O/c19-10-11-1-3-12(4-2-11)14-7-8-22-16-6-5-13(9-15(14)16)17(24)23-18(20)21/h1-9H,(H4,20,21,23,24). The van der Waals surface area contributed by atoms with E-state index in [9.17, 15) is 4.79 Å². The van der Waals surface area contributed by atoms with Crippen molar-refractivity contribution in [1.29, 1.82) is 5.26 Å². The molecule has 0 fully saturated rings. The summed E-state index contributed by atoms with van der Waals surface area (Å²) in [6, 6.07) is 16.3. The van der Waals surface area contributed by atoms with E-state index >= 15 is 0 Å². The number of aromatic nitrogens is 1. The van der Waals surface area contributed by atoms with Gasteiger partial charge in [-0.1, -0.05) is 12.1 Å². The zero-order valence-electron chi connectivity index (χ0n) is 12.6. The molecule has 6 heteroatoms. The highest BCUT2D eigenvalue weighted by Gasteiger charge is 2.10. The summed E-state index contributed by atoms with van der Waals surface area (Å²) in [6.07, 6.45) is 1.70. The van der Waals surface area contributed by atoms with Crippen LogP contribution in [-0.4, -0.2) is 16.9 Å². The number of amides is 1. The summed E-state index contributed by atoms with van der Waals surface area (Å²) in [5, 5.41) is 9.71. The summed E-state index contributed by atoms with van der Waals surface area (Å²) in [5.41, 5.74) is 14.1. The number of carbonyl (C=O) groups excluding carboxylic acids is 1. The third kappa shape index (κ3) is 2.91. The molecule has 0 radical (unpaired) electrons. The highest BCUT2D eigenvalue weighted by atomic mass is 16.1. The molecular formula is C18H13N5O. The van der Waals surface area contributed by atoms with Gasteiger partial charge in [-0.2, -0.15) is 10.3 Å². The number of hydrogen-bond donors (Lipinski definition) is 2. The number of aliphatic imine (C=N–C) groups is 1. The van der Waals surface area contributed by atoms with E-state index in [0.29, 0.717) is 11.1 Å². The van der Waals surface area contributed by atoms with Crippen LogP contribution in [-0.2, 0) is 0 Å². The zero-order valence-corrected chi connectivity index (χ0v) is 12.6. The number of nitrogens with zero attached hydrogens (tertiary/aromatic N) is 3. The van der Waals surface area contributed by atoms with Crippen LogP contribution in [0.1, 0.15) is 15.9 Å². The Morgan fingerprint density at radius 1 is 1.08 bits per heavy atom. The first kappa shape index (κ1) is 15.2. The van der Waals surface area contributed by atoms with Gasteiger partial charge in [-0.05, 0) is 47.5 Å². The van der Waals surface area contributed by atoms with Gasteiger partial charge in [0.15, 0.2) is 5.96 Å². The first-order valence-corrected chi connectivity index (χ1v) is 7.12. The molecule has 1 amide bonds. The molecule has 0 saturated heterocycles. The lowest BCUT2D eigenvalue weighted by Gasteiger charge is -2.07. The summed E-state index contributed by atoms with van der Waals surface area (Å²) < 4.78 is 0. The summed E-state index contributed by atoms with van der Waals surface area (Å²) in [4.78, 5) is 19.9. The number of carbonyl (C=O) groups is 1. The van der Waals surface area contributed by atoms with Crippen molar-refractivity contribution in [3.63, 3.8) is 0 Å². The first-order chi connectivity index (χ1) is 11.6. The van der Waals surface area contributed by atoms with Gasteiger partial charge in [0.2, 0.25) is 0 Å². The molecule has 1 aromatic heterocycles. The Balaban J connectivity index is 2.16. The van der Waals surface area contributed by atoms with Crippen molar-refractivity contribution in [2.24, 2.45) is 16.5 Å². The first-order valence-electron chi connectivity index (χ1n) is 7.12. The lowest BCUT2D eigenvalue weighted by Crippen LogP contribution is -2.24. The van der Waals surface area contributed by atoms with E-state index in [4.69, 9.17) is 16.7 Å². The highest BCUT2D eigenvalue weighted by Crippen LogP contribution is 2.28. The fourth-order valence-electron chi connectivity index (χ4n) is 2.44. The lowest BCUT2D eigenvalue weighted by atomic mass is 9.99. The van der Waals surface area contributed by atoms with Gasteiger partial charge in [0, 0.05) is 17.1 Å². The minimum atomic E-state index is -0.508. The van der Waals surface area contributed by atoms with Crippen LogP contribution in [0.4, 0.5) is 0 Å². The van der Waals surface area contributed by atoms with Gasteiger partial charge >= 0.3 is 0 Å². The average Bonchev–Trinajstić information content (AvgIpc) is 2.60. The Bertz CT molecular complexity index is 996. The molecule has 24 heavy (non-hydrogen) atoms. The van der Waals surface area contributed by atoms with Crippen molar-refractivity contribution < 1.29 is 4.79 Å². The smallest absolute Gasteiger partial charge is 0.280 e. The molecule has 1 heterocycles. The fourth-order valence-corrected chi connectivity index (χ4v) is 2.44. The number of hydrogen-bond acceptors (Lipinski definition) is 3. The Morgan fingerprint density at radius 2 is 1.83 bits per heavy atom. The van der Waals surface area contributed by atoms with Crippen LogP contribution in [0.25, 0.3) is 22.0 Å². The normalized spacial score (nSPS) is 10.1. The Labute approximate surface area is 138 Å². The third-order valence-corrected chi connectivity index (χ3v) is 3.54. The van der Waals surface area contributed by atoms with E-state index in [0.717, 1.165) is 22.0 Å². The Morgan fingerprint density at radius 3 is 2.50 bits per heavy atom. The number of benzene rings is 2. The molecule has 0 aliphatic heterocycles. The number of pyridine rings is 1. The van der Waals surface area contributed by atoms with E-state index in [1.165, 1.54) is 0 Å². The number of fused-ring (bicyclic) bond motifs is 1. The number of rotatable bonds is 2. The van der Waals surface area contributed by atoms with E-state index in [1.54, 1.807) is 36.5 Å². The molecule has 6 nitrogen and oxygen atoms in total. The molecule has 0 unspecified atom stereocenters. The number of guanidine groups is 1. The largest absolute Gasteiger partial charge is 0.370 e.